The summed E-state index contributed by atoms with van der Waals surface area (Å²) >= 11 is 1.90. The predicted molar refractivity (Wildman–Crippen MR) is 74.7 cm³/mol. The molecule has 17 heavy (non-hydrogen) atoms. The maximum atomic E-state index is 9.69. The van der Waals surface area contributed by atoms with Crippen molar-refractivity contribution >= 4 is 11.8 Å². The van der Waals surface area contributed by atoms with Gasteiger partial charge < -0.3 is 14.7 Å². The average Bonchev–Trinajstić information content (AvgIpc) is 2.36. The summed E-state index contributed by atoms with van der Waals surface area (Å²) in [5.41, 5.74) is 0.0683. The Morgan fingerprint density at radius 1 is 1.41 bits per heavy atom. The number of aliphatic hydroxyl groups excluding tert-OH is 1. The lowest BCUT2D eigenvalue weighted by Crippen LogP contribution is -2.46. The first kappa shape index (κ1) is 15.3. The highest BCUT2D eigenvalue weighted by atomic mass is 32.2. The number of nitrogens with zero attached hydrogens (tertiary/aromatic N) is 1. The number of thioether (sulfide) groups is 1. The van der Waals surface area contributed by atoms with Crippen LogP contribution in [0.15, 0.2) is 0 Å². The molecule has 0 aromatic carbocycles. The molecule has 0 spiro atoms. The molecular formula is C13H27NO2S. The van der Waals surface area contributed by atoms with Crippen LogP contribution >= 0.6 is 11.8 Å². The van der Waals surface area contributed by atoms with Gasteiger partial charge in [0.15, 0.2) is 0 Å². The van der Waals surface area contributed by atoms with E-state index < -0.39 is 0 Å². The van der Waals surface area contributed by atoms with Crippen LogP contribution in [-0.4, -0.2) is 61.5 Å². The summed E-state index contributed by atoms with van der Waals surface area (Å²) in [5.74, 6) is 1.17. The zero-order valence-corrected chi connectivity index (χ0v) is 12.3. The molecule has 0 aliphatic carbocycles. The molecule has 3 nitrogen and oxygen atoms in total. The quantitative estimate of drug-likeness (QED) is 0.758. The molecule has 1 saturated heterocycles. The van der Waals surface area contributed by atoms with Crippen LogP contribution < -0.4 is 0 Å². The van der Waals surface area contributed by atoms with Crippen LogP contribution in [0.25, 0.3) is 0 Å². The van der Waals surface area contributed by atoms with Crippen molar-refractivity contribution in [2.45, 2.75) is 32.2 Å². The van der Waals surface area contributed by atoms with Gasteiger partial charge in [0.2, 0.25) is 0 Å². The number of ether oxygens (including phenoxy) is 1. The lowest BCUT2D eigenvalue weighted by molar-refractivity contribution is -0.0352. The summed E-state index contributed by atoms with van der Waals surface area (Å²) in [7, 11) is 2.19. The van der Waals surface area contributed by atoms with E-state index in [0.29, 0.717) is 6.04 Å². The van der Waals surface area contributed by atoms with Gasteiger partial charge in [-0.1, -0.05) is 6.92 Å². The molecule has 1 N–H and O–H groups in total. The zero-order chi connectivity index (χ0) is 12.7. The monoisotopic (exact) mass is 261 g/mol. The average molecular weight is 261 g/mol. The molecule has 1 aliphatic heterocycles. The summed E-state index contributed by atoms with van der Waals surface area (Å²) in [6.07, 6.45) is 5.31. The largest absolute Gasteiger partial charge is 0.396 e. The normalized spacial score (nSPS) is 21.7. The summed E-state index contributed by atoms with van der Waals surface area (Å²) in [5, 5.41) is 9.69. The fourth-order valence-corrected chi connectivity index (χ4v) is 3.45. The summed E-state index contributed by atoms with van der Waals surface area (Å²) in [6.45, 7) is 5.12. The minimum atomic E-state index is 0.0683. The first-order valence-corrected chi connectivity index (χ1v) is 7.94. The predicted octanol–water partition coefficient (Wildman–Crippen LogP) is 1.85. The topological polar surface area (TPSA) is 32.7 Å². The molecule has 4 heteroatoms. The Bertz CT molecular complexity index is 208. The number of hydrogen-bond acceptors (Lipinski definition) is 4. The minimum absolute atomic E-state index is 0.0683. The maximum Gasteiger partial charge on any atom is 0.0501 e. The van der Waals surface area contributed by atoms with Gasteiger partial charge in [0, 0.05) is 37.0 Å². The van der Waals surface area contributed by atoms with E-state index >= 15 is 0 Å². The Morgan fingerprint density at radius 3 is 2.53 bits per heavy atom. The van der Waals surface area contributed by atoms with Gasteiger partial charge in [-0.15, -0.1) is 0 Å². The third-order valence-electron chi connectivity index (χ3n) is 3.93. The molecule has 0 aromatic heterocycles. The van der Waals surface area contributed by atoms with Gasteiger partial charge in [0.1, 0.15) is 0 Å². The second-order valence-electron chi connectivity index (χ2n) is 5.20. The van der Waals surface area contributed by atoms with E-state index in [4.69, 9.17) is 4.74 Å². The Morgan fingerprint density at radius 2 is 2.06 bits per heavy atom. The van der Waals surface area contributed by atoms with Crippen LogP contribution in [0, 0.1) is 5.41 Å². The number of rotatable bonds is 7. The lowest BCUT2D eigenvalue weighted by Gasteiger charge is -2.40. The van der Waals surface area contributed by atoms with Crippen molar-refractivity contribution in [1.82, 2.24) is 4.90 Å². The Balaban J connectivity index is 2.53. The van der Waals surface area contributed by atoms with Gasteiger partial charge in [-0.3, -0.25) is 0 Å². The van der Waals surface area contributed by atoms with Gasteiger partial charge in [-0.25, -0.2) is 0 Å². The summed E-state index contributed by atoms with van der Waals surface area (Å²) < 4.78 is 5.41. The molecular weight excluding hydrogens is 234 g/mol. The van der Waals surface area contributed by atoms with Crippen molar-refractivity contribution in [2.75, 3.05) is 45.4 Å². The summed E-state index contributed by atoms with van der Waals surface area (Å²) in [4.78, 5) is 2.43. The second-order valence-corrected chi connectivity index (χ2v) is 6.11. The van der Waals surface area contributed by atoms with Crippen molar-refractivity contribution in [3.8, 4) is 0 Å². The molecule has 0 amide bonds. The first-order chi connectivity index (χ1) is 8.17. The minimum Gasteiger partial charge on any atom is -0.396 e. The molecule has 1 rings (SSSR count). The highest BCUT2D eigenvalue weighted by Crippen LogP contribution is 2.31. The molecule has 1 unspecified atom stereocenters. The van der Waals surface area contributed by atoms with Gasteiger partial charge in [-0.05, 0) is 32.6 Å². The van der Waals surface area contributed by atoms with E-state index in [1.165, 1.54) is 12.2 Å². The van der Waals surface area contributed by atoms with Crippen molar-refractivity contribution in [1.29, 1.82) is 0 Å². The fraction of sp³-hybridized carbons (Fsp3) is 1.00. The second kappa shape index (κ2) is 7.62. The highest BCUT2D eigenvalue weighted by Gasteiger charge is 2.34. The van der Waals surface area contributed by atoms with E-state index in [0.717, 1.165) is 32.6 Å². The molecule has 0 radical (unpaired) electrons. The maximum absolute atomic E-state index is 9.69. The van der Waals surface area contributed by atoms with E-state index in [9.17, 15) is 5.11 Å². The standard InChI is InChI=1S/C13H27NO2S/c1-4-12(9-17-3)14(2)10-13(11-15)5-7-16-8-6-13/h12,15H,4-11H2,1-3H3. The fourth-order valence-electron chi connectivity index (χ4n) is 2.58. The van der Waals surface area contributed by atoms with E-state index in [1.807, 2.05) is 11.8 Å². The SMILES string of the molecule is CCC(CSC)N(C)CC1(CO)CCOCC1. The molecule has 1 aliphatic rings. The molecule has 0 bridgehead atoms. The van der Waals surface area contributed by atoms with E-state index in [1.54, 1.807) is 0 Å². The van der Waals surface area contributed by atoms with Gasteiger partial charge in [0.25, 0.3) is 0 Å². The number of hydrogen-bond donors (Lipinski definition) is 1. The van der Waals surface area contributed by atoms with Gasteiger partial charge >= 0.3 is 0 Å². The van der Waals surface area contributed by atoms with Crippen LogP contribution in [0.1, 0.15) is 26.2 Å². The van der Waals surface area contributed by atoms with Crippen LogP contribution in [0.3, 0.4) is 0 Å². The smallest absolute Gasteiger partial charge is 0.0501 e. The Labute approximate surface area is 110 Å². The van der Waals surface area contributed by atoms with Crippen LogP contribution in [-0.2, 0) is 4.74 Å². The highest BCUT2D eigenvalue weighted by molar-refractivity contribution is 7.98. The van der Waals surface area contributed by atoms with Crippen molar-refractivity contribution in [3.63, 3.8) is 0 Å². The van der Waals surface area contributed by atoms with Crippen LogP contribution in [0.2, 0.25) is 0 Å². The first-order valence-electron chi connectivity index (χ1n) is 6.55. The molecule has 1 heterocycles. The lowest BCUT2D eigenvalue weighted by atomic mass is 9.80. The van der Waals surface area contributed by atoms with Gasteiger partial charge in [0.05, 0.1) is 6.61 Å². The number of aliphatic hydroxyl groups is 1. The molecule has 0 aromatic rings. The molecule has 1 fully saturated rings. The molecule has 0 saturated carbocycles. The van der Waals surface area contributed by atoms with Crippen molar-refractivity contribution < 1.29 is 9.84 Å². The van der Waals surface area contributed by atoms with Crippen molar-refractivity contribution in [3.05, 3.63) is 0 Å². The van der Waals surface area contributed by atoms with E-state index in [-0.39, 0.29) is 12.0 Å². The van der Waals surface area contributed by atoms with E-state index in [2.05, 4.69) is 25.1 Å². The van der Waals surface area contributed by atoms with Crippen LogP contribution in [0.5, 0.6) is 0 Å². The third-order valence-corrected chi connectivity index (χ3v) is 4.65. The summed E-state index contributed by atoms with van der Waals surface area (Å²) in [6, 6.07) is 0.622. The Kier molecular flexibility index (Phi) is 6.85. The van der Waals surface area contributed by atoms with Crippen LogP contribution in [0.4, 0.5) is 0 Å². The van der Waals surface area contributed by atoms with Gasteiger partial charge in [-0.2, -0.15) is 11.8 Å². The molecule has 102 valence electrons. The zero-order valence-electron chi connectivity index (χ0n) is 11.4. The van der Waals surface area contributed by atoms with Crippen molar-refractivity contribution in [2.24, 2.45) is 5.41 Å². The Hall–Kier alpha value is 0.230. The molecule has 1 atom stereocenters. The third kappa shape index (κ3) is 4.43.